The van der Waals surface area contributed by atoms with E-state index in [1.807, 2.05) is 22.9 Å². The SMILES string of the molecule is C=C(Cc1cc(OC)c(OC)c(OC)c1)n1ccnc1. The molecule has 2 aromatic rings. The van der Waals surface area contributed by atoms with E-state index in [0.29, 0.717) is 23.7 Å². The van der Waals surface area contributed by atoms with E-state index in [2.05, 4.69) is 11.6 Å². The van der Waals surface area contributed by atoms with Crippen molar-refractivity contribution in [3.8, 4) is 17.2 Å². The van der Waals surface area contributed by atoms with E-state index >= 15 is 0 Å². The van der Waals surface area contributed by atoms with Gasteiger partial charge >= 0.3 is 0 Å². The quantitative estimate of drug-likeness (QED) is 0.812. The Labute approximate surface area is 118 Å². The van der Waals surface area contributed by atoms with Gasteiger partial charge < -0.3 is 18.8 Å². The molecule has 0 N–H and O–H groups in total. The summed E-state index contributed by atoms with van der Waals surface area (Å²) in [7, 11) is 4.79. The van der Waals surface area contributed by atoms with Crippen LogP contribution in [0.25, 0.3) is 5.70 Å². The normalized spacial score (nSPS) is 10.2. The maximum atomic E-state index is 5.34. The van der Waals surface area contributed by atoms with Crippen molar-refractivity contribution in [2.24, 2.45) is 0 Å². The minimum Gasteiger partial charge on any atom is -0.493 e. The number of allylic oxidation sites excluding steroid dienone is 1. The van der Waals surface area contributed by atoms with Crippen LogP contribution in [0.3, 0.4) is 0 Å². The Morgan fingerprint density at radius 3 is 2.25 bits per heavy atom. The molecule has 0 aliphatic rings. The van der Waals surface area contributed by atoms with Gasteiger partial charge in [0.05, 0.1) is 27.7 Å². The number of hydrogen-bond donors (Lipinski definition) is 0. The molecule has 1 aromatic carbocycles. The van der Waals surface area contributed by atoms with Crippen molar-refractivity contribution in [2.45, 2.75) is 6.42 Å². The topological polar surface area (TPSA) is 45.5 Å². The molecule has 0 aliphatic carbocycles. The molecule has 0 unspecified atom stereocenters. The van der Waals surface area contributed by atoms with Crippen LogP contribution >= 0.6 is 0 Å². The molecule has 1 heterocycles. The van der Waals surface area contributed by atoms with Crippen LogP contribution in [0.4, 0.5) is 0 Å². The molecule has 0 amide bonds. The van der Waals surface area contributed by atoms with E-state index in [4.69, 9.17) is 14.2 Å². The van der Waals surface area contributed by atoms with Crippen molar-refractivity contribution in [2.75, 3.05) is 21.3 Å². The second kappa shape index (κ2) is 6.14. The molecule has 106 valence electrons. The van der Waals surface area contributed by atoms with Crippen LogP contribution in [0, 0.1) is 0 Å². The summed E-state index contributed by atoms with van der Waals surface area (Å²) in [5, 5.41) is 0. The van der Waals surface area contributed by atoms with Gasteiger partial charge in [-0.25, -0.2) is 4.98 Å². The Bertz CT molecular complexity index is 566. The predicted molar refractivity (Wildman–Crippen MR) is 77.4 cm³/mol. The van der Waals surface area contributed by atoms with Gasteiger partial charge in [0.25, 0.3) is 0 Å². The second-order valence-electron chi connectivity index (χ2n) is 4.25. The Balaban J connectivity index is 2.30. The lowest BCUT2D eigenvalue weighted by Crippen LogP contribution is -2.00. The molecular formula is C15H18N2O3. The largest absolute Gasteiger partial charge is 0.493 e. The van der Waals surface area contributed by atoms with E-state index < -0.39 is 0 Å². The standard InChI is InChI=1S/C15H18N2O3/c1-11(17-6-5-16-10-17)7-12-8-13(18-2)15(20-4)14(9-12)19-3/h5-6,8-10H,1,7H2,2-4H3. The van der Waals surface area contributed by atoms with E-state index in [9.17, 15) is 0 Å². The molecule has 5 heteroatoms. The van der Waals surface area contributed by atoms with Crippen LogP contribution in [0.15, 0.2) is 37.4 Å². The van der Waals surface area contributed by atoms with Gasteiger partial charge in [-0.3, -0.25) is 0 Å². The number of hydrogen-bond acceptors (Lipinski definition) is 4. The highest BCUT2D eigenvalue weighted by atomic mass is 16.5. The summed E-state index contributed by atoms with van der Waals surface area (Å²) in [6.45, 7) is 4.06. The number of imidazole rings is 1. The number of benzene rings is 1. The molecule has 1 aromatic heterocycles. The van der Waals surface area contributed by atoms with Crippen molar-refractivity contribution in [1.29, 1.82) is 0 Å². The lowest BCUT2D eigenvalue weighted by Gasteiger charge is -2.15. The highest BCUT2D eigenvalue weighted by molar-refractivity contribution is 5.57. The lowest BCUT2D eigenvalue weighted by molar-refractivity contribution is 0.324. The summed E-state index contributed by atoms with van der Waals surface area (Å²) >= 11 is 0. The molecule has 0 spiro atoms. The third kappa shape index (κ3) is 2.77. The van der Waals surface area contributed by atoms with E-state index in [1.54, 1.807) is 33.9 Å². The van der Waals surface area contributed by atoms with Crippen LogP contribution in [0.2, 0.25) is 0 Å². The van der Waals surface area contributed by atoms with Gasteiger partial charge in [-0.2, -0.15) is 0 Å². The van der Waals surface area contributed by atoms with Crippen LogP contribution in [0.1, 0.15) is 5.56 Å². The summed E-state index contributed by atoms with van der Waals surface area (Å²) < 4.78 is 17.9. The first-order valence-corrected chi connectivity index (χ1v) is 6.14. The van der Waals surface area contributed by atoms with Crippen molar-refractivity contribution >= 4 is 5.70 Å². The van der Waals surface area contributed by atoms with Crippen LogP contribution in [-0.2, 0) is 6.42 Å². The van der Waals surface area contributed by atoms with Gasteiger partial charge in [-0.15, -0.1) is 0 Å². The number of aromatic nitrogens is 2. The zero-order valence-corrected chi connectivity index (χ0v) is 11.9. The first-order chi connectivity index (χ1) is 9.69. The molecule has 0 saturated carbocycles. The number of rotatable bonds is 6. The predicted octanol–water partition coefficient (Wildman–Crippen LogP) is 2.62. The Morgan fingerprint density at radius 2 is 1.80 bits per heavy atom. The zero-order valence-electron chi connectivity index (χ0n) is 11.9. The zero-order chi connectivity index (χ0) is 14.5. The fraction of sp³-hybridized carbons (Fsp3) is 0.267. The van der Waals surface area contributed by atoms with Gasteiger partial charge in [-0.1, -0.05) is 6.58 Å². The molecule has 0 saturated heterocycles. The fourth-order valence-electron chi connectivity index (χ4n) is 2.01. The second-order valence-corrected chi connectivity index (χ2v) is 4.25. The minimum atomic E-state index is 0.590. The summed E-state index contributed by atoms with van der Waals surface area (Å²) in [5.41, 5.74) is 1.94. The highest BCUT2D eigenvalue weighted by Crippen LogP contribution is 2.38. The van der Waals surface area contributed by atoms with E-state index in [0.717, 1.165) is 11.3 Å². The minimum absolute atomic E-state index is 0.590. The Morgan fingerprint density at radius 1 is 1.15 bits per heavy atom. The summed E-state index contributed by atoms with van der Waals surface area (Å²) in [5.74, 6) is 1.87. The van der Waals surface area contributed by atoms with Crippen LogP contribution in [0.5, 0.6) is 17.2 Å². The number of methoxy groups -OCH3 is 3. The summed E-state index contributed by atoms with van der Waals surface area (Å²) in [4.78, 5) is 4.01. The molecule has 5 nitrogen and oxygen atoms in total. The maximum absolute atomic E-state index is 5.34. The average molecular weight is 274 g/mol. The average Bonchev–Trinajstić information content (AvgIpc) is 3.00. The van der Waals surface area contributed by atoms with E-state index in [-0.39, 0.29) is 0 Å². The maximum Gasteiger partial charge on any atom is 0.203 e. The van der Waals surface area contributed by atoms with Gasteiger partial charge in [0.1, 0.15) is 0 Å². The highest BCUT2D eigenvalue weighted by Gasteiger charge is 2.13. The Hall–Kier alpha value is -2.43. The van der Waals surface area contributed by atoms with Crippen molar-refractivity contribution in [1.82, 2.24) is 9.55 Å². The molecular weight excluding hydrogens is 256 g/mol. The molecule has 0 aliphatic heterocycles. The molecule has 0 atom stereocenters. The Kier molecular flexibility index (Phi) is 4.30. The monoisotopic (exact) mass is 274 g/mol. The van der Waals surface area contributed by atoms with Crippen LogP contribution in [-0.4, -0.2) is 30.9 Å². The van der Waals surface area contributed by atoms with Gasteiger partial charge in [0, 0.05) is 24.5 Å². The van der Waals surface area contributed by atoms with E-state index in [1.165, 1.54) is 0 Å². The number of ether oxygens (including phenoxy) is 3. The van der Waals surface area contributed by atoms with Crippen LogP contribution < -0.4 is 14.2 Å². The van der Waals surface area contributed by atoms with Crippen molar-refractivity contribution in [3.63, 3.8) is 0 Å². The smallest absolute Gasteiger partial charge is 0.203 e. The molecule has 0 radical (unpaired) electrons. The van der Waals surface area contributed by atoms with Crippen molar-refractivity contribution < 1.29 is 14.2 Å². The molecule has 0 fully saturated rings. The fourth-order valence-corrected chi connectivity index (χ4v) is 2.01. The van der Waals surface area contributed by atoms with Gasteiger partial charge in [-0.05, 0) is 17.7 Å². The molecule has 2 rings (SSSR count). The lowest BCUT2D eigenvalue weighted by atomic mass is 10.1. The van der Waals surface area contributed by atoms with Gasteiger partial charge in [0.15, 0.2) is 11.5 Å². The molecule has 0 bridgehead atoms. The third-order valence-corrected chi connectivity index (χ3v) is 3.00. The van der Waals surface area contributed by atoms with Gasteiger partial charge in [0.2, 0.25) is 5.75 Å². The first kappa shape index (κ1) is 14.0. The third-order valence-electron chi connectivity index (χ3n) is 3.00. The molecule has 20 heavy (non-hydrogen) atoms. The summed E-state index contributed by atoms with van der Waals surface area (Å²) in [6, 6.07) is 3.84. The summed E-state index contributed by atoms with van der Waals surface area (Å²) in [6.07, 6.45) is 5.97. The number of nitrogens with zero attached hydrogens (tertiary/aromatic N) is 2. The van der Waals surface area contributed by atoms with Crippen molar-refractivity contribution in [3.05, 3.63) is 43.0 Å². The first-order valence-electron chi connectivity index (χ1n) is 6.14.